The predicted molar refractivity (Wildman–Crippen MR) is 79.0 cm³/mol. The van der Waals surface area contributed by atoms with Gasteiger partial charge in [0.2, 0.25) is 0 Å². The summed E-state index contributed by atoms with van der Waals surface area (Å²) in [5.74, 6) is 0. The second-order valence-corrected chi connectivity index (χ2v) is 4.28. The molecular formula is C17H16N2. The molecule has 1 unspecified atom stereocenters. The smallest absolute Gasteiger partial charge is 0.180 e. The van der Waals surface area contributed by atoms with E-state index >= 15 is 0 Å². The summed E-state index contributed by atoms with van der Waals surface area (Å²) in [6.45, 7) is 4.25. The normalized spacial score (nSPS) is 19.1. The monoisotopic (exact) mass is 248 g/mol. The van der Waals surface area contributed by atoms with Gasteiger partial charge in [-0.25, -0.2) is 0 Å². The Balaban J connectivity index is 2.30. The Kier molecular flexibility index (Phi) is 4.36. The van der Waals surface area contributed by atoms with Gasteiger partial charge in [-0.2, -0.15) is 5.26 Å². The fourth-order valence-corrected chi connectivity index (χ4v) is 2.06. The lowest BCUT2D eigenvalue weighted by molar-refractivity contribution is 0.406. The van der Waals surface area contributed by atoms with Crippen molar-refractivity contribution in [2.45, 2.75) is 6.04 Å². The molecule has 1 aliphatic rings. The number of nitriles is 1. The number of hydrogen-bond acceptors (Lipinski definition) is 2. The minimum atomic E-state index is -0.0202. The number of nitrogens with zero attached hydrogens (tertiary/aromatic N) is 2. The fraction of sp³-hybridized carbons (Fsp3) is 0.118. The van der Waals surface area contributed by atoms with Crippen molar-refractivity contribution >= 4 is 6.08 Å². The molecule has 0 amide bonds. The van der Waals surface area contributed by atoms with Crippen LogP contribution in [0.3, 0.4) is 0 Å². The van der Waals surface area contributed by atoms with E-state index in [1.807, 2.05) is 42.5 Å². The average Bonchev–Trinajstić information content (AvgIpc) is 2.47. The van der Waals surface area contributed by atoms with E-state index in [4.69, 9.17) is 0 Å². The number of rotatable bonds is 4. The van der Waals surface area contributed by atoms with E-state index in [1.165, 1.54) is 0 Å². The summed E-state index contributed by atoms with van der Waals surface area (Å²) in [4.78, 5) is 1.71. The van der Waals surface area contributed by atoms with Crippen LogP contribution in [0.4, 0.5) is 0 Å². The highest BCUT2D eigenvalue weighted by molar-refractivity contribution is 5.59. The molecule has 0 bridgehead atoms. The van der Waals surface area contributed by atoms with Crippen molar-refractivity contribution in [2.24, 2.45) is 0 Å². The molecule has 0 N–H and O–H groups in total. The van der Waals surface area contributed by atoms with Crippen molar-refractivity contribution in [3.8, 4) is 6.19 Å². The van der Waals surface area contributed by atoms with Crippen molar-refractivity contribution in [1.29, 1.82) is 5.26 Å². The molecule has 19 heavy (non-hydrogen) atoms. The van der Waals surface area contributed by atoms with Crippen molar-refractivity contribution in [3.63, 3.8) is 0 Å². The Morgan fingerprint density at radius 1 is 1.26 bits per heavy atom. The molecule has 94 valence electrons. The van der Waals surface area contributed by atoms with Gasteiger partial charge in [-0.3, -0.25) is 4.90 Å². The lowest BCUT2D eigenvalue weighted by atomic mass is 9.98. The summed E-state index contributed by atoms with van der Waals surface area (Å²) in [5, 5.41) is 9.24. The number of allylic oxidation sites excluding steroid dienone is 2. The van der Waals surface area contributed by atoms with Gasteiger partial charge in [0, 0.05) is 6.54 Å². The van der Waals surface area contributed by atoms with Gasteiger partial charge in [0.15, 0.2) is 6.19 Å². The van der Waals surface area contributed by atoms with Crippen LogP contribution in [0.1, 0.15) is 5.56 Å². The van der Waals surface area contributed by atoms with Crippen molar-refractivity contribution in [2.75, 3.05) is 6.54 Å². The molecule has 2 rings (SSSR count). The molecule has 2 heteroatoms. The maximum atomic E-state index is 9.24. The van der Waals surface area contributed by atoms with Gasteiger partial charge < -0.3 is 0 Å². The van der Waals surface area contributed by atoms with Crippen LogP contribution in [0.2, 0.25) is 0 Å². The first kappa shape index (κ1) is 12.9. The van der Waals surface area contributed by atoms with E-state index in [2.05, 4.69) is 31.0 Å². The summed E-state index contributed by atoms with van der Waals surface area (Å²) in [6.07, 6.45) is 14.1. The summed E-state index contributed by atoms with van der Waals surface area (Å²) in [7, 11) is 0. The van der Waals surface area contributed by atoms with Gasteiger partial charge in [0.1, 0.15) is 0 Å². The second-order valence-electron chi connectivity index (χ2n) is 4.28. The maximum Gasteiger partial charge on any atom is 0.180 e. The van der Waals surface area contributed by atoms with Crippen LogP contribution in [0.15, 0.2) is 72.9 Å². The van der Waals surface area contributed by atoms with E-state index in [-0.39, 0.29) is 6.04 Å². The molecule has 0 saturated heterocycles. The van der Waals surface area contributed by atoms with Crippen LogP contribution in [0.25, 0.3) is 6.08 Å². The second kappa shape index (κ2) is 6.42. The maximum absolute atomic E-state index is 9.24. The molecule has 1 atom stereocenters. The highest BCUT2D eigenvalue weighted by Crippen LogP contribution is 2.20. The van der Waals surface area contributed by atoms with Gasteiger partial charge in [-0.05, 0) is 17.2 Å². The van der Waals surface area contributed by atoms with Crippen LogP contribution in [-0.2, 0) is 0 Å². The molecule has 0 saturated carbocycles. The molecule has 0 spiro atoms. The third-order valence-electron chi connectivity index (χ3n) is 2.96. The van der Waals surface area contributed by atoms with E-state index in [1.54, 1.807) is 11.0 Å². The Morgan fingerprint density at radius 2 is 2.05 bits per heavy atom. The standard InChI is InChI=1S/C17H16N2/c1-2-12-19(14-18)17-11-7-6-10-16(17)13-15-8-4-3-5-9-15/h2-11,13,17H,1,12H2. The summed E-state index contributed by atoms with van der Waals surface area (Å²) in [6, 6.07) is 10.1. The van der Waals surface area contributed by atoms with E-state index < -0.39 is 0 Å². The molecule has 1 aromatic carbocycles. The lowest BCUT2D eigenvalue weighted by Crippen LogP contribution is -2.31. The Bertz CT molecular complexity index is 559. The Morgan fingerprint density at radius 3 is 2.74 bits per heavy atom. The third-order valence-corrected chi connectivity index (χ3v) is 2.96. The first-order chi connectivity index (χ1) is 9.35. The largest absolute Gasteiger partial charge is 0.295 e. The van der Waals surface area contributed by atoms with Crippen LogP contribution in [0.5, 0.6) is 0 Å². The van der Waals surface area contributed by atoms with Crippen molar-refractivity contribution in [1.82, 2.24) is 4.90 Å². The van der Waals surface area contributed by atoms with Crippen LogP contribution in [-0.4, -0.2) is 17.5 Å². The minimum absolute atomic E-state index is 0.0202. The number of hydrogen-bond donors (Lipinski definition) is 0. The SMILES string of the molecule is C=CCN(C#N)C1C=CC=CC1=Cc1ccccc1. The lowest BCUT2D eigenvalue weighted by Gasteiger charge is -2.26. The van der Waals surface area contributed by atoms with Gasteiger partial charge in [0.25, 0.3) is 0 Å². The molecule has 0 heterocycles. The summed E-state index contributed by atoms with van der Waals surface area (Å²) >= 11 is 0. The van der Waals surface area contributed by atoms with Gasteiger partial charge in [-0.15, -0.1) is 6.58 Å². The summed E-state index contributed by atoms with van der Waals surface area (Å²) < 4.78 is 0. The molecule has 0 fully saturated rings. The van der Waals surface area contributed by atoms with Crippen LogP contribution >= 0.6 is 0 Å². The van der Waals surface area contributed by atoms with Gasteiger partial charge >= 0.3 is 0 Å². The zero-order valence-corrected chi connectivity index (χ0v) is 10.7. The van der Waals surface area contributed by atoms with Crippen LogP contribution < -0.4 is 0 Å². The molecule has 2 nitrogen and oxygen atoms in total. The third kappa shape index (κ3) is 3.23. The van der Waals surface area contributed by atoms with Crippen LogP contribution in [0, 0.1) is 11.5 Å². The zero-order valence-electron chi connectivity index (χ0n) is 10.7. The molecule has 1 aromatic rings. The fourth-order valence-electron chi connectivity index (χ4n) is 2.06. The molecule has 0 aromatic heterocycles. The van der Waals surface area contributed by atoms with E-state index in [9.17, 15) is 5.26 Å². The summed E-state index contributed by atoms with van der Waals surface area (Å²) in [5.41, 5.74) is 2.25. The quantitative estimate of drug-likeness (QED) is 0.463. The minimum Gasteiger partial charge on any atom is -0.295 e. The van der Waals surface area contributed by atoms with E-state index in [0.29, 0.717) is 6.54 Å². The highest BCUT2D eigenvalue weighted by Gasteiger charge is 2.17. The number of benzene rings is 1. The first-order valence-electron chi connectivity index (χ1n) is 6.24. The van der Waals surface area contributed by atoms with E-state index in [0.717, 1.165) is 11.1 Å². The topological polar surface area (TPSA) is 27.0 Å². The molecule has 0 aliphatic heterocycles. The predicted octanol–water partition coefficient (Wildman–Crippen LogP) is 3.53. The molecule has 0 radical (unpaired) electrons. The zero-order chi connectivity index (χ0) is 13.5. The van der Waals surface area contributed by atoms with Gasteiger partial charge in [-0.1, -0.05) is 60.7 Å². The molecular weight excluding hydrogens is 232 g/mol. The average molecular weight is 248 g/mol. The molecule has 1 aliphatic carbocycles. The van der Waals surface area contributed by atoms with Gasteiger partial charge in [0.05, 0.1) is 6.04 Å². The highest BCUT2D eigenvalue weighted by atomic mass is 15.1. The van der Waals surface area contributed by atoms with Crippen molar-refractivity contribution < 1.29 is 0 Å². The first-order valence-corrected chi connectivity index (χ1v) is 6.24. The van der Waals surface area contributed by atoms with Crippen molar-refractivity contribution in [3.05, 3.63) is 78.4 Å². The Hall–Kier alpha value is -2.53. The Labute approximate surface area is 114 Å².